The van der Waals surface area contributed by atoms with Gasteiger partial charge in [0.2, 0.25) is 65.0 Å². The fraction of sp³-hybridized carbons (Fsp3) is 0.667. The van der Waals surface area contributed by atoms with Crippen LogP contribution < -0.4 is 16.0 Å². The summed E-state index contributed by atoms with van der Waals surface area (Å²) in [6.07, 6.45) is 4.74. The highest BCUT2D eigenvalue weighted by atomic mass is 35.5. The lowest BCUT2D eigenvalue weighted by molar-refractivity contribution is -0.155. The zero-order chi connectivity index (χ0) is 69.6. The van der Waals surface area contributed by atoms with Gasteiger partial charge < -0.3 is 55.1 Å². The van der Waals surface area contributed by atoms with E-state index in [0.29, 0.717) is 44.1 Å². The number of carbonyl (C=O) groups is 11. The third-order valence-corrected chi connectivity index (χ3v) is 20.9. The minimum Gasteiger partial charge on any atom is -0.344 e. The summed E-state index contributed by atoms with van der Waals surface area (Å²) in [6.45, 7) is 1.98. The summed E-state index contributed by atoms with van der Waals surface area (Å²) >= 11 is 6.15. The number of benzene rings is 2. The summed E-state index contributed by atoms with van der Waals surface area (Å²) < 4.78 is 41.5. The molecule has 0 radical (unpaired) electrons. The Kier molecular flexibility index (Phi) is 26.5. The highest BCUT2D eigenvalue weighted by Crippen LogP contribution is 2.38. The Morgan fingerprint density at radius 3 is 1.85 bits per heavy atom. The largest absolute Gasteiger partial charge is 0.417 e. The summed E-state index contributed by atoms with van der Waals surface area (Å²) in [5.41, 5.74) is -1.53. The molecule has 2 aromatic carbocycles. The Bertz CT molecular complexity index is 3090. The van der Waals surface area contributed by atoms with Gasteiger partial charge in [-0.05, 0) is 98.8 Å². The first-order chi connectivity index (χ1) is 45.0. The number of nitrogens with one attached hydrogen (secondary N) is 3. The SMILES string of the molecule is CC[C@H](C)[C@@H]1NC(=O)CCN(C)C(=O)[C@@H](Cc2ccccc2)N(C)C(=O)[C@H](C2CCCC2)N(C)C(=O)C2(CCCC2)NC(=O)[C@@H]2CCCN2C(=O)[C@H](CCc2ccc(C(F)(F)F)c(Cl)c2)NC(=O)CN(C)C(=O)[C@H](CC2CCCCC2)N(C)C(=O)CN(C)C(=O)CN(C)C1=O. The quantitative estimate of drug-likeness (QED) is 0.255. The second kappa shape index (κ2) is 33.6. The molecule has 22 nitrogen and oxygen atoms in total. The van der Waals surface area contributed by atoms with Crippen molar-refractivity contribution in [1.29, 1.82) is 0 Å². The molecule has 2 aliphatic heterocycles. The lowest BCUT2D eigenvalue weighted by Crippen LogP contribution is -2.65. The molecule has 0 unspecified atom stereocenters. The maximum atomic E-state index is 15.5. The van der Waals surface area contributed by atoms with E-state index in [1.807, 2.05) is 37.3 Å². The number of carbonyl (C=O) groups excluding carboxylic acids is 11. The number of hydrogen-bond acceptors (Lipinski definition) is 11. The molecular formula is C69H99ClF3N11O11. The first-order valence-corrected chi connectivity index (χ1v) is 34.2. The third kappa shape index (κ3) is 19.0. The van der Waals surface area contributed by atoms with Crippen LogP contribution in [0.15, 0.2) is 48.5 Å². The van der Waals surface area contributed by atoms with Crippen molar-refractivity contribution >= 4 is 76.6 Å². The predicted molar refractivity (Wildman–Crippen MR) is 350 cm³/mol. The first kappa shape index (κ1) is 75.1. The molecule has 524 valence electrons. The van der Waals surface area contributed by atoms with E-state index >= 15 is 19.2 Å². The summed E-state index contributed by atoms with van der Waals surface area (Å²) in [4.78, 5) is 172. The van der Waals surface area contributed by atoms with Crippen molar-refractivity contribution in [3.8, 4) is 0 Å². The summed E-state index contributed by atoms with van der Waals surface area (Å²) in [5.74, 6) is -7.30. The fourth-order valence-electron chi connectivity index (χ4n) is 14.4. The van der Waals surface area contributed by atoms with Crippen LogP contribution in [-0.4, -0.2) is 228 Å². The number of alkyl halides is 3. The Balaban J connectivity index is 1.25. The van der Waals surface area contributed by atoms with Gasteiger partial charge in [0, 0.05) is 75.3 Å². The number of fused-ring (bicyclic) bond motifs is 1. The summed E-state index contributed by atoms with van der Waals surface area (Å²) in [5, 5.41) is 8.12. The molecular weight excluding hydrogens is 1250 g/mol. The van der Waals surface area contributed by atoms with Crippen LogP contribution in [0.1, 0.15) is 153 Å². The van der Waals surface area contributed by atoms with Crippen molar-refractivity contribution in [2.24, 2.45) is 17.8 Å². The molecule has 0 aromatic heterocycles. The molecule has 5 aliphatic rings. The summed E-state index contributed by atoms with van der Waals surface area (Å²) in [6, 6.07) is 5.35. The van der Waals surface area contributed by atoms with Gasteiger partial charge in [-0.2, -0.15) is 13.2 Å². The number of aryl methyl sites for hydroxylation is 1. The van der Waals surface area contributed by atoms with E-state index in [2.05, 4.69) is 16.0 Å². The lowest BCUT2D eigenvalue weighted by atomic mass is 9.84. The fourth-order valence-corrected chi connectivity index (χ4v) is 14.8. The van der Waals surface area contributed by atoms with E-state index in [4.69, 9.17) is 11.6 Å². The van der Waals surface area contributed by atoms with Crippen LogP contribution in [0.25, 0.3) is 0 Å². The molecule has 95 heavy (non-hydrogen) atoms. The van der Waals surface area contributed by atoms with Gasteiger partial charge in [0.25, 0.3) is 0 Å². The topological polar surface area (TPSA) is 250 Å². The number of rotatable bonds is 10. The standard InChI is InChI=1S/C69H99ClF3N11O11/c1-10-44(2)59-65(93)80(6)42-57(87)78(4)43-58(88)81(7)53(39-45-22-13-11-14-23-45)64(92)79(5)41-56(86)74-51(32-30-47-29-31-49(50(70)38-47)69(71,72)73)62(90)84-36-21-28-52(84)61(89)76-68(34-19-20-35-68)67(95)83(9)60(48-26-17-18-27-48)66(94)82(8)54(40-46-24-15-12-16-25-46)63(91)77(3)37-33-55(85)75-59/h12,15-16,24-25,29,31,38,44-45,48,51-54,59-60H,10-11,13-14,17-23,26-28,30,32-37,39-43H2,1-9H3,(H,74,86)(H,75,85)(H,76,89)/t44-,51-,52-,53-,54+,59-,60-/m0/s1. The lowest BCUT2D eigenvalue weighted by Gasteiger charge is -2.42. The van der Waals surface area contributed by atoms with Gasteiger partial charge in [-0.3, -0.25) is 52.7 Å². The summed E-state index contributed by atoms with van der Waals surface area (Å²) in [7, 11) is 10.2. The van der Waals surface area contributed by atoms with Crippen molar-refractivity contribution < 1.29 is 65.9 Å². The van der Waals surface area contributed by atoms with Gasteiger partial charge >= 0.3 is 6.18 Å². The average Bonchev–Trinajstić information content (AvgIpc) is 1.75. The highest BCUT2D eigenvalue weighted by Gasteiger charge is 2.51. The number of nitrogens with zero attached hydrogens (tertiary/aromatic N) is 8. The molecule has 2 heterocycles. The van der Waals surface area contributed by atoms with Crippen LogP contribution in [0.2, 0.25) is 5.02 Å². The molecule has 3 N–H and O–H groups in total. The van der Waals surface area contributed by atoms with Gasteiger partial charge in [0.1, 0.15) is 41.8 Å². The Morgan fingerprint density at radius 2 is 1.22 bits per heavy atom. The first-order valence-electron chi connectivity index (χ1n) is 33.9. The van der Waals surface area contributed by atoms with Crippen molar-refractivity contribution in [1.82, 2.24) is 55.1 Å². The maximum Gasteiger partial charge on any atom is 0.417 e. The molecule has 3 saturated carbocycles. The second-order valence-corrected chi connectivity index (χ2v) is 27.7. The van der Waals surface area contributed by atoms with Crippen molar-refractivity contribution in [3.63, 3.8) is 0 Å². The van der Waals surface area contributed by atoms with E-state index in [1.54, 1.807) is 14.0 Å². The van der Waals surface area contributed by atoms with Crippen molar-refractivity contribution in [2.45, 2.75) is 197 Å². The van der Waals surface area contributed by atoms with E-state index in [0.717, 1.165) is 72.4 Å². The molecule has 1 spiro atoms. The van der Waals surface area contributed by atoms with Crippen LogP contribution >= 0.6 is 11.6 Å². The highest BCUT2D eigenvalue weighted by molar-refractivity contribution is 6.31. The molecule has 26 heteroatoms. The molecule has 2 saturated heterocycles. The van der Waals surface area contributed by atoms with Gasteiger partial charge in [-0.15, -0.1) is 0 Å². The second-order valence-electron chi connectivity index (χ2n) is 27.3. The Morgan fingerprint density at radius 1 is 0.600 bits per heavy atom. The van der Waals surface area contributed by atoms with E-state index in [-0.39, 0.29) is 76.3 Å². The minimum atomic E-state index is -4.75. The van der Waals surface area contributed by atoms with Gasteiger partial charge in [-0.1, -0.05) is 126 Å². The zero-order valence-electron chi connectivity index (χ0n) is 56.8. The zero-order valence-corrected chi connectivity index (χ0v) is 57.5. The molecule has 11 amide bonds. The number of halogens is 4. The molecule has 2 aromatic rings. The molecule has 3 aliphatic carbocycles. The Hall–Kier alpha value is -7.31. The van der Waals surface area contributed by atoms with Crippen molar-refractivity contribution in [2.75, 3.05) is 82.1 Å². The van der Waals surface area contributed by atoms with E-state index in [9.17, 15) is 46.7 Å². The van der Waals surface area contributed by atoms with Crippen molar-refractivity contribution in [3.05, 3.63) is 70.2 Å². The van der Waals surface area contributed by atoms with Crippen LogP contribution in [0.5, 0.6) is 0 Å². The smallest absolute Gasteiger partial charge is 0.344 e. The van der Waals surface area contributed by atoms with E-state index in [1.165, 1.54) is 77.8 Å². The third-order valence-electron chi connectivity index (χ3n) is 20.5. The molecule has 5 fully saturated rings. The number of hydrogen-bond donors (Lipinski definition) is 3. The molecule has 7 atom stereocenters. The van der Waals surface area contributed by atoms with Crippen LogP contribution in [0.3, 0.4) is 0 Å². The molecule has 7 rings (SSSR count). The monoisotopic (exact) mass is 1350 g/mol. The number of likely N-dealkylation sites (N-methyl/N-ethyl adjacent to an activating group) is 7. The average molecular weight is 1350 g/mol. The molecule has 0 bridgehead atoms. The maximum absolute atomic E-state index is 15.5. The number of amides is 11. The van der Waals surface area contributed by atoms with Gasteiger partial charge in [-0.25, -0.2) is 0 Å². The predicted octanol–water partition coefficient (Wildman–Crippen LogP) is 5.85. The minimum absolute atomic E-state index is 0.0358. The normalized spacial score (nSPS) is 25.8. The van der Waals surface area contributed by atoms with E-state index < -0.39 is 149 Å². The van der Waals surface area contributed by atoms with Crippen LogP contribution in [0.4, 0.5) is 13.2 Å². The Labute approximate surface area is 562 Å². The van der Waals surface area contributed by atoms with Gasteiger partial charge in [0.15, 0.2) is 0 Å². The van der Waals surface area contributed by atoms with Crippen LogP contribution in [0, 0.1) is 17.8 Å². The van der Waals surface area contributed by atoms with Gasteiger partial charge in [0.05, 0.1) is 30.2 Å². The van der Waals surface area contributed by atoms with Crippen LogP contribution in [-0.2, 0) is 71.8 Å².